The molecule has 2 N–H and O–H groups in total. The van der Waals surface area contributed by atoms with Gasteiger partial charge in [-0.1, -0.05) is 51.0 Å². The Hall–Kier alpha value is -2.04. The molecule has 160 valence electrons. The van der Waals surface area contributed by atoms with Crippen LogP contribution in [0.3, 0.4) is 0 Å². The molecule has 1 saturated heterocycles. The number of benzene rings is 1. The van der Waals surface area contributed by atoms with Gasteiger partial charge in [-0.05, 0) is 48.1 Å². The van der Waals surface area contributed by atoms with Crippen LogP contribution in [-0.4, -0.2) is 36.9 Å². The second kappa shape index (κ2) is 10.1. The van der Waals surface area contributed by atoms with Crippen molar-refractivity contribution in [1.29, 1.82) is 0 Å². The van der Waals surface area contributed by atoms with E-state index < -0.39 is 0 Å². The van der Waals surface area contributed by atoms with Crippen molar-refractivity contribution in [2.75, 3.05) is 20.1 Å². The van der Waals surface area contributed by atoms with Crippen LogP contribution in [0.2, 0.25) is 0 Å². The lowest BCUT2D eigenvalue weighted by Crippen LogP contribution is -2.43. The standard InChI is InChI=1S/C24H38N4O/c1-19(2)15-24(12-4-5-13-24)18-27-23(25-3)26-16-20-8-10-21(11-9-20)17-28-14-6-7-22(28)29/h8-11,19H,4-7,12-18H2,1-3H3,(H2,25,26,27). The van der Waals surface area contributed by atoms with Gasteiger partial charge in [-0.2, -0.15) is 0 Å². The summed E-state index contributed by atoms with van der Waals surface area (Å²) in [6, 6.07) is 8.56. The highest BCUT2D eigenvalue weighted by Gasteiger charge is 2.34. The van der Waals surface area contributed by atoms with Crippen molar-refractivity contribution in [3.8, 4) is 0 Å². The predicted molar refractivity (Wildman–Crippen MR) is 120 cm³/mol. The molecule has 0 radical (unpaired) electrons. The fourth-order valence-electron chi connectivity index (χ4n) is 4.98. The van der Waals surface area contributed by atoms with Crippen molar-refractivity contribution in [2.45, 2.75) is 71.9 Å². The van der Waals surface area contributed by atoms with Gasteiger partial charge in [-0.25, -0.2) is 0 Å². The topological polar surface area (TPSA) is 56.7 Å². The maximum Gasteiger partial charge on any atom is 0.222 e. The minimum absolute atomic E-state index is 0.281. The number of carbonyl (C=O) groups excluding carboxylic acids is 1. The molecular weight excluding hydrogens is 360 g/mol. The first-order valence-corrected chi connectivity index (χ1v) is 11.3. The summed E-state index contributed by atoms with van der Waals surface area (Å²) in [6.45, 7) is 8.04. The molecule has 1 aliphatic carbocycles. The van der Waals surface area contributed by atoms with Crippen LogP contribution in [0.5, 0.6) is 0 Å². The molecule has 1 aromatic rings. The summed E-state index contributed by atoms with van der Waals surface area (Å²) < 4.78 is 0. The lowest BCUT2D eigenvalue weighted by atomic mass is 9.78. The Kier molecular flexibility index (Phi) is 7.57. The van der Waals surface area contributed by atoms with E-state index in [1.165, 1.54) is 43.2 Å². The molecule has 1 saturated carbocycles. The molecular formula is C24H38N4O. The van der Waals surface area contributed by atoms with Crippen molar-refractivity contribution in [2.24, 2.45) is 16.3 Å². The lowest BCUT2D eigenvalue weighted by molar-refractivity contribution is -0.128. The number of nitrogens with one attached hydrogen (secondary N) is 2. The third-order valence-electron chi connectivity index (χ3n) is 6.39. The highest BCUT2D eigenvalue weighted by molar-refractivity contribution is 5.79. The van der Waals surface area contributed by atoms with E-state index >= 15 is 0 Å². The molecule has 3 rings (SSSR count). The van der Waals surface area contributed by atoms with Gasteiger partial charge < -0.3 is 15.5 Å². The molecule has 29 heavy (non-hydrogen) atoms. The number of amides is 1. The predicted octanol–water partition coefficient (Wildman–Crippen LogP) is 4.08. The minimum Gasteiger partial charge on any atom is -0.356 e. The van der Waals surface area contributed by atoms with Crippen molar-refractivity contribution in [3.63, 3.8) is 0 Å². The Balaban J connectivity index is 1.47. The fraction of sp³-hybridized carbons (Fsp3) is 0.667. The summed E-state index contributed by atoms with van der Waals surface area (Å²) in [6.07, 6.45) is 8.36. The third-order valence-corrected chi connectivity index (χ3v) is 6.39. The van der Waals surface area contributed by atoms with E-state index in [1.54, 1.807) is 0 Å². The van der Waals surface area contributed by atoms with Gasteiger partial charge in [-0.15, -0.1) is 0 Å². The first-order valence-electron chi connectivity index (χ1n) is 11.3. The van der Waals surface area contributed by atoms with E-state index in [9.17, 15) is 4.79 Å². The molecule has 5 heteroatoms. The first-order chi connectivity index (χ1) is 14.0. The molecule has 1 amide bonds. The Morgan fingerprint density at radius 1 is 1.10 bits per heavy atom. The lowest BCUT2D eigenvalue weighted by Gasteiger charge is -2.32. The van der Waals surface area contributed by atoms with Crippen LogP contribution in [0.1, 0.15) is 69.9 Å². The zero-order chi connectivity index (χ0) is 20.7. The Bertz CT molecular complexity index is 689. The average molecular weight is 399 g/mol. The number of nitrogens with zero attached hydrogens (tertiary/aromatic N) is 2. The summed E-state index contributed by atoms with van der Waals surface area (Å²) >= 11 is 0. The molecule has 2 aliphatic rings. The molecule has 0 atom stereocenters. The maximum atomic E-state index is 11.8. The minimum atomic E-state index is 0.281. The van der Waals surface area contributed by atoms with E-state index in [0.717, 1.165) is 44.5 Å². The number of hydrogen-bond donors (Lipinski definition) is 2. The number of guanidine groups is 1. The van der Waals surface area contributed by atoms with E-state index in [4.69, 9.17) is 0 Å². The average Bonchev–Trinajstić information content (AvgIpc) is 3.32. The van der Waals surface area contributed by atoms with Crippen LogP contribution >= 0.6 is 0 Å². The van der Waals surface area contributed by atoms with Crippen LogP contribution in [0.25, 0.3) is 0 Å². The van der Waals surface area contributed by atoms with Crippen LogP contribution in [0.15, 0.2) is 29.3 Å². The van der Waals surface area contributed by atoms with Gasteiger partial charge in [0.15, 0.2) is 5.96 Å². The summed E-state index contributed by atoms with van der Waals surface area (Å²) in [5.74, 6) is 1.90. The largest absolute Gasteiger partial charge is 0.356 e. The Morgan fingerprint density at radius 3 is 2.38 bits per heavy atom. The van der Waals surface area contributed by atoms with Crippen LogP contribution < -0.4 is 10.6 Å². The fourth-order valence-corrected chi connectivity index (χ4v) is 4.98. The smallest absolute Gasteiger partial charge is 0.222 e. The van der Waals surface area contributed by atoms with Crippen LogP contribution in [-0.2, 0) is 17.9 Å². The molecule has 1 heterocycles. The highest BCUT2D eigenvalue weighted by Crippen LogP contribution is 2.42. The molecule has 5 nitrogen and oxygen atoms in total. The zero-order valence-electron chi connectivity index (χ0n) is 18.5. The van der Waals surface area contributed by atoms with Gasteiger partial charge in [0, 0.05) is 39.6 Å². The molecule has 2 fully saturated rings. The summed E-state index contributed by atoms with van der Waals surface area (Å²) in [5, 5.41) is 7.04. The Morgan fingerprint density at radius 2 is 1.79 bits per heavy atom. The van der Waals surface area contributed by atoms with Crippen molar-refractivity contribution >= 4 is 11.9 Å². The highest BCUT2D eigenvalue weighted by atomic mass is 16.2. The zero-order valence-corrected chi connectivity index (χ0v) is 18.5. The number of rotatable bonds is 8. The summed E-state index contributed by atoms with van der Waals surface area (Å²) in [7, 11) is 1.84. The SMILES string of the molecule is CN=C(NCc1ccc(CN2CCCC2=O)cc1)NCC1(CC(C)C)CCCC1. The molecule has 0 aromatic heterocycles. The van der Waals surface area contributed by atoms with E-state index in [2.05, 4.69) is 53.7 Å². The number of carbonyl (C=O) groups is 1. The van der Waals surface area contributed by atoms with Gasteiger partial charge >= 0.3 is 0 Å². The molecule has 0 bridgehead atoms. The number of hydrogen-bond acceptors (Lipinski definition) is 2. The molecule has 1 aliphatic heterocycles. The van der Waals surface area contributed by atoms with E-state index in [1.807, 2.05) is 11.9 Å². The van der Waals surface area contributed by atoms with Crippen molar-refractivity contribution in [3.05, 3.63) is 35.4 Å². The van der Waals surface area contributed by atoms with Crippen LogP contribution in [0.4, 0.5) is 0 Å². The maximum absolute atomic E-state index is 11.8. The second-order valence-electron chi connectivity index (χ2n) is 9.32. The van der Waals surface area contributed by atoms with Gasteiger partial charge in [0.2, 0.25) is 5.91 Å². The second-order valence-corrected chi connectivity index (χ2v) is 9.32. The van der Waals surface area contributed by atoms with Crippen LogP contribution in [0, 0.1) is 11.3 Å². The number of aliphatic imine (C=N–C) groups is 1. The van der Waals surface area contributed by atoms with Gasteiger partial charge in [-0.3, -0.25) is 9.79 Å². The summed E-state index contributed by atoms with van der Waals surface area (Å²) in [5.41, 5.74) is 2.85. The monoisotopic (exact) mass is 398 g/mol. The number of likely N-dealkylation sites (tertiary alicyclic amines) is 1. The first kappa shape index (κ1) is 21.7. The van der Waals surface area contributed by atoms with Gasteiger partial charge in [0.25, 0.3) is 0 Å². The molecule has 0 unspecified atom stereocenters. The van der Waals surface area contributed by atoms with Gasteiger partial charge in [0.1, 0.15) is 0 Å². The summed E-state index contributed by atoms with van der Waals surface area (Å²) in [4.78, 5) is 18.2. The molecule has 0 spiro atoms. The van der Waals surface area contributed by atoms with Crippen molar-refractivity contribution in [1.82, 2.24) is 15.5 Å². The van der Waals surface area contributed by atoms with E-state index in [0.29, 0.717) is 11.8 Å². The van der Waals surface area contributed by atoms with Gasteiger partial charge in [0.05, 0.1) is 0 Å². The molecule has 1 aromatic carbocycles. The third kappa shape index (κ3) is 6.22. The van der Waals surface area contributed by atoms with Crippen molar-refractivity contribution < 1.29 is 4.79 Å². The normalized spacial score (nSPS) is 19.2. The quantitative estimate of drug-likeness (QED) is 0.512. The Labute approximate surface area is 176 Å². The van der Waals surface area contributed by atoms with E-state index in [-0.39, 0.29) is 5.91 Å².